The maximum atomic E-state index is 15.2. The lowest BCUT2D eigenvalue weighted by atomic mass is 9.92. The molecule has 1 aromatic carbocycles. The van der Waals surface area contributed by atoms with E-state index in [1.165, 1.54) is 14.0 Å². The monoisotopic (exact) mass is 457 g/mol. The standard InChI is InChI=1S/C18H18F3N5O4S/c1-18(8-31(28,29)26(2)17(22)25-18)13-10(19)4-5-12(14(13)21)24-16(27)15-11(20)6-9(30-3)7-23-15/h4-7H,8H2,1-3H3,(H2,22,25)(H,24,27)/t18-/m0/s1. The van der Waals surface area contributed by atoms with Gasteiger partial charge in [-0.25, -0.2) is 30.9 Å². The Morgan fingerprint density at radius 1 is 1.32 bits per heavy atom. The maximum absolute atomic E-state index is 15.2. The second kappa shape index (κ2) is 7.72. The third kappa shape index (κ3) is 4.00. The first kappa shape index (κ1) is 22.3. The predicted molar refractivity (Wildman–Crippen MR) is 105 cm³/mol. The van der Waals surface area contributed by atoms with Crippen LogP contribution in [0.15, 0.2) is 24.4 Å². The molecule has 1 aliphatic heterocycles. The summed E-state index contributed by atoms with van der Waals surface area (Å²) >= 11 is 0. The minimum Gasteiger partial charge on any atom is -0.495 e. The van der Waals surface area contributed by atoms with Gasteiger partial charge < -0.3 is 15.4 Å². The Labute approximate surface area is 175 Å². The molecule has 0 saturated carbocycles. The Morgan fingerprint density at radius 2 is 2.00 bits per heavy atom. The summed E-state index contributed by atoms with van der Waals surface area (Å²) in [4.78, 5) is 16.0. The number of nitrogens with one attached hydrogen (secondary N) is 3. The van der Waals surface area contributed by atoms with Crippen molar-refractivity contribution >= 4 is 27.6 Å². The van der Waals surface area contributed by atoms with E-state index in [-0.39, 0.29) is 5.75 Å². The topological polar surface area (TPSA) is 124 Å². The molecular formula is C18H18F3N5O4S. The van der Waals surface area contributed by atoms with Crippen molar-refractivity contribution in [1.29, 1.82) is 5.41 Å². The van der Waals surface area contributed by atoms with Gasteiger partial charge in [0.2, 0.25) is 16.0 Å². The first-order valence-corrected chi connectivity index (χ1v) is 10.3. The Morgan fingerprint density at radius 3 is 2.58 bits per heavy atom. The number of anilines is 1. The number of aromatic nitrogens is 1. The highest BCUT2D eigenvalue weighted by Gasteiger charge is 2.45. The number of ether oxygens (including phenoxy) is 1. The van der Waals surface area contributed by atoms with Crippen LogP contribution in [0.1, 0.15) is 23.0 Å². The summed E-state index contributed by atoms with van der Waals surface area (Å²) in [6, 6.07) is 2.65. The SMILES string of the molecule is COc1cnc(C(=O)Nc2ccc(F)c([C@]3(C)CS(=O)(=O)N(C)C(=N)N3)c2F)c(F)c1. The number of guanidine groups is 1. The Balaban J connectivity index is 2.00. The van der Waals surface area contributed by atoms with Gasteiger partial charge in [-0.1, -0.05) is 0 Å². The van der Waals surface area contributed by atoms with Gasteiger partial charge in [-0.15, -0.1) is 0 Å². The molecule has 31 heavy (non-hydrogen) atoms. The number of pyridine rings is 1. The molecule has 1 atom stereocenters. The zero-order valence-electron chi connectivity index (χ0n) is 16.6. The lowest BCUT2D eigenvalue weighted by molar-refractivity contribution is 0.101. The van der Waals surface area contributed by atoms with E-state index < -0.39 is 67.6 Å². The summed E-state index contributed by atoms with van der Waals surface area (Å²) in [5.74, 6) is -5.77. The molecule has 0 unspecified atom stereocenters. The Kier molecular flexibility index (Phi) is 5.56. The van der Waals surface area contributed by atoms with Gasteiger partial charge in [0, 0.05) is 13.1 Å². The summed E-state index contributed by atoms with van der Waals surface area (Å²) < 4.78 is 74.0. The number of methoxy groups -OCH3 is 1. The van der Waals surface area contributed by atoms with E-state index in [0.29, 0.717) is 4.31 Å². The molecule has 0 bridgehead atoms. The van der Waals surface area contributed by atoms with E-state index in [0.717, 1.165) is 31.4 Å². The minimum atomic E-state index is -4.04. The summed E-state index contributed by atoms with van der Waals surface area (Å²) in [6.45, 7) is 1.21. The molecule has 1 saturated heterocycles. The number of carbonyl (C=O) groups is 1. The van der Waals surface area contributed by atoms with Crippen molar-refractivity contribution in [2.45, 2.75) is 12.5 Å². The number of rotatable bonds is 4. The molecule has 2 aromatic rings. The van der Waals surface area contributed by atoms with E-state index >= 15 is 4.39 Å². The van der Waals surface area contributed by atoms with Crippen LogP contribution >= 0.6 is 0 Å². The Hall–Kier alpha value is -3.35. The van der Waals surface area contributed by atoms with E-state index in [1.54, 1.807) is 0 Å². The molecule has 0 aliphatic carbocycles. The molecule has 166 valence electrons. The molecule has 1 aromatic heterocycles. The third-order valence-corrected chi connectivity index (χ3v) is 6.71. The number of hydrogen-bond acceptors (Lipinski definition) is 6. The van der Waals surface area contributed by atoms with E-state index in [9.17, 15) is 22.0 Å². The second-order valence-corrected chi connectivity index (χ2v) is 8.97. The van der Waals surface area contributed by atoms with Crippen molar-refractivity contribution in [3.63, 3.8) is 0 Å². The minimum absolute atomic E-state index is 0.0641. The first-order valence-electron chi connectivity index (χ1n) is 8.72. The number of sulfonamides is 1. The number of amides is 1. The molecule has 3 rings (SSSR count). The van der Waals surface area contributed by atoms with Crippen LogP contribution in [0, 0.1) is 22.9 Å². The second-order valence-electron chi connectivity index (χ2n) is 6.97. The van der Waals surface area contributed by atoms with Crippen LogP contribution in [-0.4, -0.2) is 49.5 Å². The number of halogens is 3. The molecule has 1 aliphatic rings. The zero-order chi connectivity index (χ0) is 23.1. The van der Waals surface area contributed by atoms with Gasteiger partial charge in [0.15, 0.2) is 17.3 Å². The molecule has 2 heterocycles. The fourth-order valence-electron chi connectivity index (χ4n) is 3.15. The fraction of sp³-hybridized carbons (Fsp3) is 0.278. The maximum Gasteiger partial charge on any atom is 0.277 e. The molecule has 3 N–H and O–H groups in total. The van der Waals surface area contributed by atoms with Gasteiger partial charge in [-0.05, 0) is 19.1 Å². The number of hydrogen-bond donors (Lipinski definition) is 3. The highest BCUT2D eigenvalue weighted by molar-refractivity contribution is 7.89. The average Bonchev–Trinajstić information content (AvgIpc) is 2.67. The van der Waals surface area contributed by atoms with Gasteiger partial charge in [0.1, 0.15) is 11.6 Å². The van der Waals surface area contributed by atoms with Gasteiger partial charge in [-0.2, -0.15) is 0 Å². The van der Waals surface area contributed by atoms with Crippen LogP contribution in [0.2, 0.25) is 0 Å². The molecule has 13 heteroatoms. The third-order valence-electron chi connectivity index (χ3n) is 4.76. The van der Waals surface area contributed by atoms with Crippen molar-refractivity contribution in [1.82, 2.24) is 14.6 Å². The highest BCUT2D eigenvalue weighted by atomic mass is 32.2. The number of nitrogens with zero attached hydrogens (tertiary/aromatic N) is 2. The lowest BCUT2D eigenvalue weighted by Gasteiger charge is -2.40. The molecule has 1 fully saturated rings. The van der Waals surface area contributed by atoms with Gasteiger partial charge in [0.05, 0.1) is 35.8 Å². The van der Waals surface area contributed by atoms with Crippen LogP contribution in [0.5, 0.6) is 5.75 Å². The first-order chi connectivity index (χ1) is 14.4. The molecular weight excluding hydrogens is 439 g/mol. The van der Waals surface area contributed by atoms with Crippen LogP contribution in [0.25, 0.3) is 0 Å². The van der Waals surface area contributed by atoms with Crippen LogP contribution < -0.4 is 15.4 Å². The van der Waals surface area contributed by atoms with Gasteiger partial charge in [0.25, 0.3) is 5.91 Å². The normalized spacial score (nSPS) is 20.2. The number of carbonyl (C=O) groups excluding carboxylic acids is 1. The van der Waals surface area contributed by atoms with Crippen molar-refractivity contribution in [3.05, 3.63) is 53.1 Å². The summed E-state index contributed by atoms with van der Waals surface area (Å²) in [5, 5.41) is 12.4. The van der Waals surface area contributed by atoms with Crippen molar-refractivity contribution < 1.29 is 31.1 Å². The van der Waals surface area contributed by atoms with Crippen LogP contribution in [0.3, 0.4) is 0 Å². The smallest absolute Gasteiger partial charge is 0.277 e. The summed E-state index contributed by atoms with van der Waals surface area (Å²) in [7, 11) is -1.63. The quantitative estimate of drug-likeness (QED) is 0.643. The van der Waals surface area contributed by atoms with Crippen molar-refractivity contribution in [2.75, 3.05) is 25.2 Å². The fourth-order valence-corrected chi connectivity index (χ4v) is 4.61. The van der Waals surface area contributed by atoms with Crippen molar-refractivity contribution in [2.24, 2.45) is 0 Å². The average molecular weight is 457 g/mol. The summed E-state index contributed by atoms with van der Waals surface area (Å²) in [5.41, 5.74) is -3.72. The largest absolute Gasteiger partial charge is 0.495 e. The van der Waals surface area contributed by atoms with Gasteiger partial charge >= 0.3 is 0 Å². The van der Waals surface area contributed by atoms with Crippen LogP contribution in [-0.2, 0) is 15.6 Å². The highest BCUT2D eigenvalue weighted by Crippen LogP contribution is 2.34. The predicted octanol–water partition coefficient (Wildman–Crippen LogP) is 1.77. The van der Waals surface area contributed by atoms with E-state index in [1.807, 2.05) is 0 Å². The number of benzene rings is 1. The van der Waals surface area contributed by atoms with E-state index in [4.69, 9.17) is 10.1 Å². The zero-order valence-corrected chi connectivity index (χ0v) is 17.4. The molecule has 9 nitrogen and oxygen atoms in total. The lowest BCUT2D eigenvalue weighted by Crippen LogP contribution is -2.61. The van der Waals surface area contributed by atoms with Crippen LogP contribution in [0.4, 0.5) is 18.9 Å². The molecule has 1 amide bonds. The molecule has 0 spiro atoms. The van der Waals surface area contributed by atoms with Gasteiger partial charge in [-0.3, -0.25) is 10.2 Å². The van der Waals surface area contributed by atoms with Crippen molar-refractivity contribution in [3.8, 4) is 5.75 Å². The molecule has 0 radical (unpaired) electrons. The summed E-state index contributed by atoms with van der Waals surface area (Å²) in [6.07, 6.45) is 1.09. The Bertz CT molecular complexity index is 1190. The van der Waals surface area contributed by atoms with E-state index in [2.05, 4.69) is 15.6 Å².